The summed E-state index contributed by atoms with van der Waals surface area (Å²) in [4.78, 5) is 0. The number of methoxy groups -OCH3 is 1. The number of hydrogen-bond acceptors (Lipinski definition) is 3. The van der Waals surface area contributed by atoms with Crippen LogP contribution in [0.3, 0.4) is 0 Å². The monoisotopic (exact) mass is 264 g/mol. The van der Waals surface area contributed by atoms with Gasteiger partial charge >= 0.3 is 0 Å². The summed E-state index contributed by atoms with van der Waals surface area (Å²) in [7, 11) is 1.72. The summed E-state index contributed by atoms with van der Waals surface area (Å²) < 4.78 is 5.34. The van der Waals surface area contributed by atoms with Gasteiger partial charge in [-0.05, 0) is 24.6 Å². The number of nitrogens with two attached hydrogens (primary N) is 1. The van der Waals surface area contributed by atoms with E-state index in [-0.39, 0.29) is 30.9 Å². The minimum atomic E-state index is 0. The molecule has 0 fully saturated rings. The number of benzene rings is 1. The van der Waals surface area contributed by atoms with Gasteiger partial charge in [-0.15, -0.1) is 24.8 Å². The maximum atomic E-state index is 5.71. The molecule has 3 N–H and O–H groups in total. The molecular formula is C11H18Cl2N2O. The molecule has 1 aliphatic heterocycles. The first-order valence-corrected chi connectivity index (χ1v) is 4.96. The van der Waals surface area contributed by atoms with Crippen molar-refractivity contribution in [2.75, 3.05) is 20.2 Å². The minimum Gasteiger partial charge on any atom is -0.496 e. The third-order valence-electron chi connectivity index (χ3n) is 2.77. The van der Waals surface area contributed by atoms with Crippen molar-refractivity contribution < 1.29 is 4.74 Å². The molecule has 0 spiro atoms. The first kappa shape index (κ1) is 15.5. The number of hydrogen-bond donors (Lipinski definition) is 2. The van der Waals surface area contributed by atoms with Crippen LogP contribution in [0.25, 0.3) is 0 Å². The van der Waals surface area contributed by atoms with E-state index in [0.29, 0.717) is 6.54 Å². The average molecular weight is 265 g/mol. The predicted octanol–water partition coefficient (Wildman–Crippen LogP) is 1.68. The predicted molar refractivity (Wildman–Crippen MR) is 71.0 cm³/mol. The molecule has 0 saturated heterocycles. The summed E-state index contributed by atoms with van der Waals surface area (Å²) >= 11 is 0. The number of rotatable bonds is 2. The van der Waals surface area contributed by atoms with E-state index in [1.165, 1.54) is 11.1 Å². The molecule has 1 atom stereocenters. The Kier molecular flexibility index (Phi) is 6.76. The molecule has 1 unspecified atom stereocenters. The van der Waals surface area contributed by atoms with Crippen molar-refractivity contribution in [1.82, 2.24) is 5.32 Å². The summed E-state index contributed by atoms with van der Waals surface area (Å²) in [6, 6.07) is 6.45. The molecule has 5 heteroatoms. The second-order valence-electron chi connectivity index (χ2n) is 3.52. The van der Waals surface area contributed by atoms with Crippen LogP contribution in [0.2, 0.25) is 0 Å². The minimum absolute atomic E-state index is 0. The standard InChI is InChI=1S/C11H16N2O.2ClH/c1-14-11-4-2-3-8-9(11)5-6-13-10(8)7-12;;/h2-4,10,13H,5-7,12H2,1H3;2*1H. The Morgan fingerprint density at radius 1 is 1.44 bits per heavy atom. The van der Waals surface area contributed by atoms with Crippen molar-refractivity contribution >= 4 is 24.8 Å². The van der Waals surface area contributed by atoms with E-state index >= 15 is 0 Å². The Labute approximate surface area is 109 Å². The van der Waals surface area contributed by atoms with Gasteiger partial charge in [-0.25, -0.2) is 0 Å². The lowest BCUT2D eigenvalue weighted by molar-refractivity contribution is 0.401. The SMILES string of the molecule is COc1cccc2c1CCNC2CN.Cl.Cl. The lowest BCUT2D eigenvalue weighted by Gasteiger charge is -2.27. The van der Waals surface area contributed by atoms with Gasteiger partial charge in [0.05, 0.1) is 7.11 Å². The molecule has 0 radical (unpaired) electrons. The third-order valence-corrected chi connectivity index (χ3v) is 2.77. The van der Waals surface area contributed by atoms with Crippen LogP contribution >= 0.6 is 24.8 Å². The van der Waals surface area contributed by atoms with Gasteiger partial charge in [0.25, 0.3) is 0 Å². The number of halogens is 2. The topological polar surface area (TPSA) is 47.3 Å². The molecule has 2 rings (SSSR count). The summed E-state index contributed by atoms with van der Waals surface area (Å²) in [5.41, 5.74) is 8.31. The summed E-state index contributed by atoms with van der Waals surface area (Å²) in [5.74, 6) is 0.988. The summed E-state index contributed by atoms with van der Waals surface area (Å²) in [6.45, 7) is 1.62. The van der Waals surface area contributed by atoms with Crippen LogP contribution in [-0.2, 0) is 6.42 Å². The molecule has 1 aromatic carbocycles. The van der Waals surface area contributed by atoms with E-state index in [1.54, 1.807) is 7.11 Å². The zero-order chi connectivity index (χ0) is 9.97. The van der Waals surface area contributed by atoms with Crippen molar-refractivity contribution in [3.05, 3.63) is 29.3 Å². The van der Waals surface area contributed by atoms with Crippen molar-refractivity contribution in [1.29, 1.82) is 0 Å². The highest BCUT2D eigenvalue weighted by atomic mass is 35.5. The van der Waals surface area contributed by atoms with Gasteiger partial charge in [0.2, 0.25) is 0 Å². The molecule has 0 saturated carbocycles. The van der Waals surface area contributed by atoms with E-state index in [0.717, 1.165) is 18.7 Å². The van der Waals surface area contributed by atoms with Crippen LogP contribution in [0.1, 0.15) is 17.2 Å². The van der Waals surface area contributed by atoms with Gasteiger partial charge in [-0.2, -0.15) is 0 Å². The molecule has 0 aliphatic carbocycles. The van der Waals surface area contributed by atoms with E-state index in [4.69, 9.17) is 10.5 Å². The maximum Gasteiger partial charge on any atom is 0.122 e. The van der Waals surface area contributed by atoms with E-state index < -0.39 is 0 Å². The van der Waals surface area contributed by atoms with Gasteiger partial charge in [-0.3, -0.25) is 0 Å². The van der Waals surface area contributed by atoms with Gasteiger partial charge in [0.1, 0.15) is 5.75 Å². The Hall–Kier alpha value is -0.480. The molecule has 92 valence electrons. The van der Waals surface area contributed by atoms with Crippen LogP contribution in [0.4, 0.5) is 0 Å². The van der Waals surface area contributed by atoms with Crippen molar-refractivity contribution in [2.45, 2.75) is 12.5 Å². The summed E-state index contributed by atoms with van der Waals surface area (Å²) in [5, 5.41) is 3.40. The molecule has 16 heavy (non-hydrogen) atoms. The Morgan fingerprint density at radius 2 is 2.19 bits per heavy atom. The van der Waals surface area contributed by atoms with Crippen LogP contribution in [-0.4, -0.2) is 20.2 Å². The number of fused-ring (bicyclic) bond motifs is 1. The second kappa shape index (κ2) is 6.97. The largest absolute Gasteiger partial charge is 0.496 e. The molecule has 0 amide bonds. The average Bonchev–Trinajstić information content (AvgIpc) is 2.27. The Bertz CT molecular complexity index is 334. The Morgan fingerprint density at radius 3 is 2.81 bits per heavy atom. The summed E-state index contributed by atoms with van der Waals surface area (Å²) in [6.07, 6.45) is 1.02. The molecule has 1 aromatic rings. The van der Waals surface area contributed by atoms with Crippen molar-refractivity contribution in [3.8, 4) is 5.75 Å². The van der Waals surface area contributed by atoms with Crippen LogP contribution in [0, 0.1) is 0 Å². The molecule has 1 aliphatic rings. The van der Waals surface area contributed by atoms with E-state index in [9.17, 15) is 0 Å². The van der Waals surface area contributed by atoms with Crippen molar-refractivity contribution in [3.63, 3.8) is 0 Å². The van der Waals surface area contributed by atoms with Gasteiger partial charge in [0.15, 0.2) is 0 Å². The lowest BCUT2D eigenvalue weighted by atomic mass is 9.93. The maximum absolute atomic E-state index is 5.71. The van der Waals surface area contributed by atoms with Crippen LogP contribution in [0.15, 0.2) is 18.2 Å². The van der Waals surface area contributed by atoms with Gasteiger partial charge in [0, 0.05) is 18.2 Å². The number of nitrogens with one attached hydrogen (secondary N) is 1. The van der Waals surface area contributed by atoms with Crippen LogP contribution in [0.5, 0.6) is 5.75 Å². The van der Waals surface area contributed by atoms with Gasteiger partial charge < -0.3 is 15.8 Å². The molecular weight excluding hydrogens is 247 g/mol. The molecule has 0 bridgehead atoms. The molecule has 0 aromatic heterocycles. The second-order valence-corrected chi connectivity index (χ2v) is 3.52. The first-order chi connectivity index (χ1) is 6.86. The molecule has 3 nitrogen and oxygen atoms in total. The van der Waals surface area contributed by atoms with Crippen molar-refractivity contribution in [2.24, 2.45) is 5.73 Å². The third kappa shape index (κ3) is 2.80. The zero-order valence-electron chi connectivity index (χ0n) is 9.23. The fraction of sp³-hybridized carbons (Fsp3) is 0.455. The zero-order valence-corrected chi connectivity index (χ0v) is 10.9. The fourth-order valence-corrected chi connectivity index (χ4v) is 2.06. The normalized spacial score (nSPS) is 17.8. The lowest BCUT2D eigenvalue weighted by Crippen LogP contribution is -2.34. The number of ether oxygens (including phenoxy) is 1. The highest BCUT2D eigenvalue weighted by Crippen LogP contribution is 2.29. The van der Waals surface area contributed by atoms with E-state index in [1.807, 2.05) is 12.1 Å². The van der Waals surface area contributed by atoms with Crippen LogP contribution < -0.4 is 15.8 Å². The van der Waals surface area contributed by atoms with E-state index in [2.05, 4.69) is 11.4 Å². The Balaban J connectivity index is 0.00000112. The highest BCUT2D eigenvalue weighted by molar-refractivity contribution is 5.85. The smallest absolute Gasteiger partial charge is 0.122 e. The molecule has 1 heterocycles. The van der Waals surface area contributed by atoms with Gasteiger partial charge in [-0.1, -0.05) is 12.1 Å². The fourth-order valence-electron chi connectivity index (χ4n) is 2.06. The quantitative estimate of drug-likeness (QED) is 0.855. The first-order valence-electron chi connectivity index (χ1n) is 4.96. The highest BCUT2D eigenvalue weighted by Gasteiger charge is 2.20.